The van der Waals surface area contributed by atoms with Gasteiger partial charge in [-0.3, -0.25) is 0 Å². The number of hydrogen-bond acceptors (Lipinski definition) is 3. The molecule has 0 aliphatic carbocycles. The van der Waals surface area contributed by atoms with E-state index in [0.717, 1.165) is 0 Å². The smallest absolute Gasteiger partial charge is 0.773 e. The van der Waals surface area contributed by atoms with Crippen LogP contribution in [0.5, 0.6) is 0 Å². The van der Waals surface area contributed by atoms with Crippen LogP contribution in [0, 0.1) is 5.21 Å². The first kappa shape index (κ1) is 8.84. The van der Waals surface area contributed by atoms with Crippen LogP contribution in [0.1, 0.15) is 0 Å². The minimum absolute atomic E-state index is 0. The zero-order valence-electron chi connectivity index (χ0n) is 2.75. The molecule has 0 radical (unpaired) electrons. The van der Waals surface area contributed by atoms with E-state index in [9.17, 15) is 0 Å². The van der Waals surface area contributed by atoms with Gasteiger partial charge in [-0.25, -0.2) is 0 Å². The molecule has 24 valence electrons. The fourth-order valence-electron chi connectivity index (χ4n) is 0. The summed E-state index contributed by atoms with van der Waals surface area (Å²) in [6.45, 7) is 0. The van der Waals surface area contributed by atoms with Gasteiger partial charge in [0, 0.05) is 5.28 Å². The van der Waals surface area contributed by atoms with Gasteiger partial charge >= 0.3 is 18.9 Å². The van der Waals surface area contributed by atoms with Gasteiger partial charge in [0.15, 0.2) is 0 Å². The molecule has 0 saturated heterocycles. The predicted octanol–water partition coefficient (Wildman–Crippen LogP) is -2.67. The molecule has 0 heterocycles. The SMILES string of the molecule is [Li+].[O-]N=NO. The zero-order valence-corrected chi connectivity index (χ0v) is 2.75. The van der Waals surface area contributed by atoms with Crippen molar-refractivity contribution in [1.82, 2.24) is 0 Å². The predicted molar refractivity (Wildman–Crippen MR) is 10.0 cm³/mol. The first-order chi connectivity index (χ1) is 1.91. The summed E-state index contributed by atoms with van der Waals surface area (Å²) in [6.07, 6.45) is 0. The van der Waals surface area contributed by atoms with E-state index in [-0.39, 0.29) is 18.9 Å². The van der Waals surface area contributed by atoms with Crippen LogP contribution in [0.25, 0.3) is 0 Å². The third-order valence-corrected chi connectivity index (χ3v) is 0.0365. The Balaban J connectivity index is 0. The molecule has 0 aliphatic heterocycles. The minimum atomic E-state index is 0. The summed E-state index contributed by atoms with van der Waals surface area (Å²) in [6, 6.07) is 0. The van der Waals surface area contributed by atoms with Crippen molar-refractivity contribution in [2.24, 2.45) is 10.6 Å². The Labute approximate surface area is 40.6 Å². The van der Waals surface area contributed by atoms with Crippen molar-refractivity contribution in [2.45, 2.75) is 0 Å². The van der Waals surface area contributed by atoms with Crippen LogP contribution < -0.4 is 18.9 Å². The molecule has 0 aromatic heterocycles. The first-order valence-electron chi connectivity index (χ1n) is 0.583. The van der Waals surface area contributed by atoms with Crippen molar-refractivity contribution in [1.29, 1.82) is 0 Å². The molecular weight excluding hydrogens is 67.0 g/mol. The van der Waals surface area contributed by atoms with Gasteiger partial charge in [-0.05, 0) is 0 Å². The van der Waals surface area contributed by atoms with Gasteiger partial charge in [0.05, 0.1) is 0 Å². The molecule has 0 amide bonds. The van der Waals surface area contributed by atoms with Crippen molar-refractivity contribution in [3.05, 3.63) is 5.21 Å². The van der Waals surface area contributed by atoms with Crippen molar-refractivity contribution in [2.75, 3.05) is 0 Å². The van der Waals surface area contributed by atoms with Gasteiger partial charge in [0.25, 0.3) is 0 Å². The van der Waals surface area contributed by atoms with E-state index >= 15 is 0 Å². The third-order valence-electron chi connectivity index (χ3n) is 0.0365. The van der Waals surface area contributed by atoms with Crippen LogP contribution in [-0.4, -0.2) is 5.21 Å². The van der Waals surface area contributed by atoms with Gasteiger partial charge in [0.2, 0.25) is 0 Å². The van der Waals surface area contributed by atoms with Crippen LogP contribution in [0.4, 0.5) is 0 Å². The van der Waals surface area contributed by atoms with Crippen LogP contribution in [0.15, 0.2) is 10.6 Å². The standard InChI is InChI=1S/Li.H2N2O2/c;3-1-2-4/h;(H,1,4)(H,2,3)/q+1;/p-1. The van der Waals surface area contributed by atoms with Crippen molar-refractivity contribution in [3.63, 3.8) is 0 Å². The van der Waals surface area contributed by atoms with E-state index in [1.54, 1.807) is 10.6 Å². The summed E-state index contributed by atoms with van der Waals surface area (Å²) in [7, 11) is 0. The average molecular weight is 68.0 g/mol. The van der Waals surface area contributed by atoms with Crippen molar-refractivity contribution >= 4 is 0 Å². The maximum Gasteiger partial charge on any atom is 1.00 e. The molecule has 0 spiro atoms. The molecule has 5 heavy (non-hydrogen) atoms. The second-order valence-corrected chi connectivity index (χ2v) is 0.171. The molecule has 4 nitrogen and oxygen atoms in total. The monoisotopic (exact) mass is 68.0 g/mol. The first-order valence-corrected chi connectivity index (χ1v) is 0.583. The molecule has 0 aromatic rings. The Morgan fingerprint density at radius 2 is 1.80 bits per heavy atom. The molecule has 1 N–H and O–H groups in total. The molecule has 0 saturated carbocycles. The molecule has 5 heteroatoms. The fraction of sp³-hybridized carbons (Fsp3) is 0. The Morgan fingerprint density at radius 3 is 1.80 bits per heavy atom. The third kappa shape index (κ3) is 19.3. The van der Waals surface area contributed by atoms with Crippen molar-refractivity contribution < 1.29 is 24.1 Å². The minimum Gasteiger partial charge on any atom is -0.773 e. The summed E-state index contributed by atoms with van der Waals surface area (Å²) >= 11 is 0. The number of rotatable bonds is 0. The Bertz CT molecular complexity index is 22.8. The van der Waals surface area contributed by atoms with Crippen LogP contribution >= 0.6 is 0 Å². The summed E-state index contributed by atoms with van der Waals surface area (Å²) in [4.78, 5) is 0. The molecule has 0 bridgehead atoms. The largest absolute Gasteiger partial charge is 1.00 e. The molecule has 0 aromatic carbocycles. The van der Waals surface area contributed by atoms with Gasteiger partial charge in [-0.2, -0.15) is 5.28 Å². The molecule has 0 fully saturated rings. The zero-order chi connectivity index (χ0) is 3.41. The summed E-state index contributed by atoms with van der Waals surface area (Å²) in [5, 5.41) is 19.0. The Morgan fingerprint density at radius 1 is 1.60 bits per heavy atom. The van der Waals surface area contributed by atoms with E-state index in [1.165, 1.54) is 0 Å². The van der Waals surface area contributed by atoms with Gasteiger partial charge < -0.3 is 10.4 Å². The number of nitrogens with zero attached hydrogens (tertiary/aromatic N) is 2. The maximum absolute atomic E-state index is 8.51. The van der Waals surface area contributed by atoms with Crippen LogP contribution in [0.2, 0.25) is 0 Å². The molecule has 0 rings (SSSR count). The normalized spacial score (nSPS) is 7.20. The quantitative estimate of drug-likeness (QED) is 0.191. The molecule has 0 atom stereocenters. The van der Waals surface area contributed by atoms with Gasteiger partial charge in [-0.1, -0.05) is 0 Å². The molecule has 0 unspecified atom stereocenters. The van der Waals surface area contributed by atoms with E-state index in [2.05, 4.69) is 0 Å². The number of hydrogen-bond donors (Lipinski definition) is 1. The fourth-order valence-corrected chi connectivity index (χ4v) is 0. The van der Waals surface area contributed by atoms with E-state index in [4.69, 9.17) is 10.4 Å². The Kier molecular flexibility index (Phi) is 16.3. The van der Waals surface area contributed by atoms with Crippen LogP contribution in [-0.2, 0) is 0 Å². The summed E-state index contributed by atoms with van der Waals surface area (Å²) in [5.41, 5.74) is 0. The topological polar surface area (TPSA) is 68.0 Å². The van der Waals surface area contributed by atoms with Crippen LogP contribution in [0.3, 0.4) is 0 Å². The van der Waals surface area contributed by atoms with Gasteiger partial charge in [-0.15, -0.1) is 0 Å². The summed E-state index contributed by atoms with van der Waals surface area (Å²) < 4.78 is 0. The van der Waals surface area contributed by atoms with Crippen molar-refractivity contribution in [3.8, 4) is 0 Å². The second kappa shape index (κ2) is 9.20. The van der Waals surface area contributed by atoms with Gasteiger partial charge in [0.1, 0.15) is 0 Å². The maximum atomic E-state index is 8.51. The summed E-state index contributed by atoms with van der Waals surface area (Å²) in [5.74, 6) is 0. The van der Waals surface area contributed by atoms with E-state index in [1.807, 2.05) is 0 Å². The molecular formula is HLiN2O2. The second-order valence-electron chi connectivity index (χ2n) is 0.171. The van der Waals surface area contributed by atoms with E-state index < -0.39 is 0 Å². The van der Waals surface area contributed by atoms with E-state index in [0.29, 0.717) is 0 Å². The average Bonchev–Trinajstić information content (AvgIpc) is 1.37. The molecule has 0 aliphatic rings. The Hall–Kier alpha value is -0.203.